The lowest BCUT2D eigenvalue weighted by Gasteiger charge is -2.36. The predicted octanol–water partition coefficient (Wildman–Crippen LogP) is 5.21. The topological polar surface area (TPSA) is 41.9 Å². The molecule has 30 heavy (non-hydrogen) atoms. The fourth-order valence-electron chi connectivity index (χ4n) is 3.85. The van der Waals surface area contributed by atoms with Crippen molar-refractivity contribution in [1.82, 2.24) is 0 Å². The molecule has 160 valence electrons. The standard InChI is InChI=1S/C22H22F4N2O2/c1-4-5-6-16-20(15-9-7-13(23)11-17(15)25)27-28(22(16,2)21(29)30-3)19-10-8-14(24)12-18(19)26/h7-12,16H,4-6H2,1-3H3. The van der Waals surface area contributed by atoms with Crippen molar-refractivity contribution in [2.24, 2.45) is 11.0 Å². The lowest BCUT2D eigenvalue weighted by Crippen LogP contribution is -2.54. The van der Waals surface area contributed by atoms with Crippen molar-refractivity contribution in [1.29, 1.82) is 0 Å². The van der Waals surface area contributed by atoms with E-state index in [0.29, 0.717) is 18.9 Å². The molecule has 1 aliphatic heterocycles. The van der Waals surface area contributed by atoms with Gasteiger partial charge in [-0.3, -0.25) is 0 Å². The molecule has 0 saturated heterocycles. The van der Waals surface area contributed by atoms with Gasteiger partial charge in [0, 0.05) is 23.6 Å². The zero-order chi connectivity index (χ0) is 22.1. The van der Waals surface area contributed by atoms with Gasteiger partial charge in [0.05, 0.1) is 18.5 Å². The maximum atomic E-state index is 14.6. The summed E-state index contributed by atoms with van der Waals surface area (Å²) in [7, 11) is 1.19. The van der Waals surface area contributed by atoms with Gasteiger partial charge in [-0.05, 0) is 37.6 Å². The zero-order valence-electron chi connectivity index (χ0n) is 16.9. The molecule has 0 spiro atoms. The van der Waals surface area contributed by atoms with E-state index in [9.17, 15) is 22.4 Å². The Balaban J connectivity index is 2.23. The molecule has 8 heteroatoms. The van der Waals surface area contributed by atoms with Crippen molar-refractivity contribution in [2.45, 2.75) is 38.6 Å². The van der Waals surface area contributed by atoms with Crippen LogP contribution in [0.1, 0.15) is 38.7 Å². The molecule has 0 aromatic heterocycles. The van der Waals surface area contributed by atoms with Gasteiger partial charge in [0.2, 0.25) is 0 Å². The smallest absolute Gasteiger partial charge is 0.334 e. The number of hydrogen-bond donors (Lipinski definition) is 0. The van der Waals surface area contributed by atoms with Crippen molar-refractivity contribution in [3.05, 3.63) is 65.2 Å². The van der Waals surface area contributed by atoms with Crippen molar-refractivity contribution >= 4 is 17.4 Å². The van der Waals surface area contributed by atoms with E-state index in [-0.39, 0.29) is 17.0 Å². The van der Waals surface area contributed by atoms with Crippen LogP contribution >= 0.6 is 0 Å². The molecule has 0 aliphatic carbocycles. The monoisotopic (exact) mass is 422 g/mol. The second kappa shape index (κ2) is 8.45. The minimum Gasteiger partial charge on any atom is -0.467 e. The van der Waals surface area contributed by atoms with Gasteiger partial charge in [-0.1, -0.05) is 19.8 Å². The molecule has 2 aromatic carbocycles. The SMILES string of the molecule is CCCCC1C(c2ccc(F)cc2F)=NN(c2ccc(F)cc2F)C1(C)C(=O)OC. The van der Waals surface area contributed by atoms with Crippen LogP contribution in [-0.4, -0.2) is 24.3 Å². The lowest BCUT2D eigenvalue weighted by atomic mass is 9.77. The van der Waals surface area contributed by atoms with Crippen LogP contribution in [-0.2, 0) is 9.53 Å². The molecule has 2 unspecified atom stereocenters. The molecule has 1 heterocycles. The number of hydrogen-bond acceptors (Lipinski definition) is 4. The Morgan fingerprint density at radius 2 is 1.73 bits per heavy atom. The highest BCUT2D eigenvalue weighted by atomic mass is 19.1. The van der Waals surface area contributed by atoms with Crippen LogP contribution < -0.4 is 5.01 Å². The summed E-state index contributed by atoms with van der Waals surface area (Å²) in [6.07, 6.45) is 1.90. The van der Waals surface area contributed by atoms with E-state index in [4.69, 9.17) is 4.74 Å². The van der Waals surface area contributed by atoms with Crippen molar-refractivity contribution in [3.63, 3.8) is 0 Å². The number of methoxy groups -OCH3 is 1. The first-order valence-corrected chi connectivity index (χ1v) is 9.61. The van der Waals surface area contributed by atoms with Crippen molar-refractivity contribution in [2.75, 3.05) is 12.1 Å². The molecule has 0 amide bonds. The minimum absolute atomic E-state index is 0.0117. The summed E-state index contributed by atoms with van der Waals surface area (Å²) in [4.78, 5) is 12.9. The number of nitrogens with zero attached hydrogens (tertiary/aromatic N) is 2. The Bertz CT molecular complexity index is 995. The van der Waals surface area contributed by atoms with Crippen molar-refractivity contribution < 1.29 is 27.1 Å². The van der Waals surface area contributed by atoms with Gasteiger partial charge in [-0.25, -0.2) is 27.4 Å². The first kappa shape index (κ1) is 21.8. The van der Waals surface area contributed by atoms with E-state index in [1.807, 2.05) is 6.92 Å². The number of carbonyl (C=O) groups is 1. The van der Waals surface area contributed by atoms with Crippen molar-refractivity contribution in [3.8, 4) is 0 Å². The zero-order valence-corrected chi connectivity index (χ0v) is 16.9. The summed E-state index contributed by atoms with van der Waals surface area (Å²) in [6.45, 7) is 3.48. The fraction of sp³-hybridized carbons (Fsp3) is 0.364. The average molecular weight is 422 g/mol. The van der Waals surface area contributed by atoms with E-state index in [1.54, 1.807) is 0 Å². The number of benzene rings is 2. The summed E-state index contributed by atoms with van der Waals surface area (Å²) in [5.41, 5.74) is -1.47. The summed E-state index contributed by atoms with van der Waals surface area (Å²) >= 11 is 0. The second-order valence-corrected chi connectivity index (χ2v) is 7.35. The van der Waals surface area contributed by atoms with Gasteiger partial charge < -0.3 is 4.74 Å². The van der Waals surface area contributed by atoms with Gasteiger partial charge >= 0.3 is 5.97 Å². The average Bonchev–Trinajstić information content (AvgIpc) is 2.99. The Morgan fingerprint density at radius 1 is 1.10 bits per heavy atom. The fourth-order valence-corrected chi connectivity index (χ4v) is 3.85. The van der Waals surface area contributed by atoms with Gasteiger partial charge in [-0.15, -0.1) is 0 Å². The third-order valence-corrected chi connectivity index (χ3v) is 5.45. The summed E-state index contributed by atoms with van der Waals surface area (Å²) in [5, 5.41) is 5.51. The molecule has 0 saturated carbocycles. The molecule has 0 bridgehead atoms. The number of anilines is 1. The third kappa shape index (κ3) is 3.66. The Morgan fingerprint density at radius 3 is 2.30 bits per heavy atom. The quantitative estimate of drug-likeness (QED) is 0.474. The molecule has 1 aliphatic rings. The molecule has 4 nitrogen and oxygen atoms in total. The highest BCUT2D eigenvalue weighted by molar-refractivity contribution is 6.10. The normalized spacial score (nSPS) is 21.0. The van der Waals surface area contributed by atoms with Crippen LogP contribution in [0.5, 0.6) is 0 Å². The van der Waals surface area contributed by atoms with Crippen LogP contribution in [0.4, 0.5) is 23.2 Å². The molecular formula is C22H22F4N2O2. The highest BCUT2D eigenvalue weighted by Crippen LogP contribution is 2.43. The molecule has 3 rings (SSSR count). The van der Waals surface area contributed by atoms with Gasteiger partial charge in [0.1, 0.15) is 17.5 Å². The van der Waals surface area contributed by atoms with Crippen LogP contribution in [0.3, 0.4) is 0 Å². The number of halogens is 4. The molecule has 2 atom stereocenters. The Hall–Kier alpha value is -2.90. The number of esters is 1. The molecule has 0 fully saturated rings. The Labute approximate surface area is 172 Å². The number of unbranched alkanes of at least 4 members (excludes halogenated alkanes) is 1. The molecule has 2 aromatic rings. The number of hydrazone groups is 1. The van der Waals surface area contributed by atoms with Crippen LogP contribution in [0.2, 0.25) is 0 Å². The molecular weight excluding hydrogens is 400 g/mol. The second-order valence-electron chi connectivity index (χ2n) is 7.35. The molecule has 0 N–H and O–H groups in total. The summed E-state index contributed by atoms with van der Waals surface area (Å²) in [6, 6.07) is 5.95. The maximum absolute atomic E-state index is 14.6. The van der Waals surface area contributed by atoms with E-state index in [1.165, 1.54) is 20.1 Å². The van der Waals surface area contributed by atoms with Gasteiger partial charge in [0.25, 0.3) is 0 Å². The minimum atomic E-state index is -1.52. The summed E-state index contributed by atoms with van der Waals surface area (Å²) < 4.78 is 61.1. The molecule has 0 radical (unpaired) electrons. The lowest BCUT2D eigenvalue weighted by molar-refractivity contribution is -0.147. The maximum Gasteiger partial charge on any atom is 0.334 e. The first-order chi connectivity index (χ1) is 14.2. The number of ether oxygens (including phenoxy) is 1. The largest absolute Gasteiger partial charge is 0.467 e. The Kier molecular flexibility index (Phi) is 6.14. The third-order valence-electron chi connectivity index (χ3n) is 5.45. The number of rotatable bonds is 6. The first-order valence-electron chi connectivity index (χ1n) is 9.61. The van der Waals surface area contributed by atoms with E-state index in [2.05, 4.69) is 5.10 Å². The van der Waals surface area contributed by atoms with E-state index < -0.39 is 40.7 Å². The number of carbonyl (C=O) groups excluding carboxylic acids is 1. The van der Waals surface area contributed by atoms with Crippen LogP contribution in [0.25, 0.3) is 0 Å². The predicted molar refractivity (Wildman–Crippen MR) is 105 cm³/mol. The highest BCUT2D eigenvalue weighted by Gasteiger charge is 2.55. The van der Waals surface area contributed by atoms with E-state index >= 15 is 0 Å². The van der Waals surface area contributed by atoms with Crippen LogP contribution in [0.15, 0.2) is 41.5 Å². The van der Waals surface area contributed by atoms with Gasteiger partial charge in [-0.2, -0.15) is 5.10 Å². The summed E-state index contributed by atoms with van der Waals surface area (Å²) in [5.74, 6) is -4.68. The van der Waals surface area contributed by atoms with Gasteiger partial charge in [0.15, 0.2) is 11.4 Å². The van der Waals surface area contributed by atoms with E-state index in [0.717, 1.165) is 35.7 Å². The van der Waals surface area contributed by atoms with Crippen LogP contribution in [0, 0.1) is 29.2 Å².